The predicted octanol–water partition coefficient (Wildman–Crippen LogP) is 2.40. The van der Waals surface area contributed by atoms with Crippen LogP contribution in [0.5, 0.6) is 0 Å². The molecule has 0 atom stereocenters. The molecule has 19 heavy (non-hydrogen) atoms. The maximum absolute atomic E-state index is 12.4. The molecule has 1 aromatic carbocycles. The van der Waals surface area contributed by atoms with Crippen molar-refractivity contribution < 1.29 is 4.79 Å². The molecule has 0 radical (unpaired) electrons. The first-order valence-corrected chi connectivity index (χ1v) is 7.01. The summed E-state index contributed by atoms with van der Waals surface area (Å²) in [6, 6.07) is 7.27. The van der Waals surface area contributed by atoms with E-state index in [9.17, 15) is 4.79 Å². The Hall–Kier alpha value is -1.69. The number of benzene rings is 1. The number of carbonyl (C=O) groups is 1. The topological polar surface area (TPSA) is 61.9 Å². The Bertz CT molecular complexity index is 587. The highest BCUT2D eigenvalue weighted by molar-refractivity contribution is 9.10. The van der Waals surface area contributed by atoms with Crippen molar-refractivity contribution in [3.8, 4) is 0 Å². The second-order valence-electron chi connectivity index (χ2n) is 4.53. The molecule has 1 aliphatic heterocycles. The number of anilines is 1. The van der Waals surface area contributed by atoms with E-state index >= 15 is 0 Å². The van der Waals surface area contributed by atoms with E-state index in [1.54, 1.807) is 12.1 Å². The second-order valence-corrected chi connectivity index (χ2v) is 5.44. The van der Waals surface area contributed by atoms with E-state index in [2.05, 4.69) is 36.2 Å². The first kappa shape index (κ1) is 12.3. The third kappa shape index (κ3) is 2.40. The summed E-state index contributed by atoms with van der Waals surface area (Å²) in [7, 11) is 0. The monoisotopic (exact) mass is 320 g/mol. The van der Waals surface area contributed by atoms with Crippen molar-refractivity contribution in [1.29, 1.82) is 0 Å². The molecule has 0 bridgehead atoms. The van der Waals surface area contributed by atoms with Gasteiger partial charge in [0.15, 0.2) is 11.5 Å². The fourth-order valence-electron chi connectivity index (χ4n) is 2.27. The fraction of sp³-hybridized carbons (Fsp3) is 0.308. The molecule has 3 rings (SSSR count). The zero-order valence-corrected chi connectivity index (χ0v) is 11.9. The quantitative estimate of drug-likeness (QED) is 0.882. The number of halogens is 1. The molecule has 0 amide bonds. The first-order chi connectivity index (χ1) is 9.25. The molecule has 0 saturated carbocycles. The Balaban J connectivity index is 1.91. The van der Waals surface area contributed by atoms with Crippen molar-refractivity contribution in [2.45, 2.75) is 12.8 Å². The lowest BCUT2D eigenvalue weighted by Crippen LogP contribution is -2.21. The van der Waals surface area contributed by atoms with Crippen LogP contribution in [0.3, 0.4) is 0 Å². The van der Waals surface area contributed by atoms with Crippen LogP contribution in [0.25, 0.3) is 0 Å². The Morgan fingerprint density at radius 3 is 2.53 bits per heavy atom. The average molecular weight is 321 g/mol. The summed E-state index contributed by atoms with van der Waals surface area (Å²) in [5.41, 5.74) is 1.03. The zero-order chi connectivity index (χ0) is 13.2. The second kappa shape index (κ2) is 5.13. The smallest absolute Gasteiger partial charge is 0.217 e. The summed E-state index contributed by atoms with van der Waals surface area (Å²) < 4.78 is 0.948. The van der Waals surface area contributed by atoms with E-state index in [1.807, 2.05) is 12.1 Å². The van der Waals surface area contributed by atoms with Crippen LogP contribution in [0.15, 0.2) is 28.7 Å². The number of nitrogens with zero attached hydrogens (tertiary/aromatic N) is 3. The number of hydrogen-bond donors (Lipinski definition) is 1. The molecule has 1 saturated heterocycles. The Morgan fingerprint density at radius 1 is 1.16 bits per heavy atom. The van der Waals surface area contributed by atoms with Gasteiger partial charge < -0.3 is 4.90 Å². The van der Waals surface area contributed by atoms with Crippen LogP contribution in [-0.2, 0) is 0 Å². The highest BCUT2D eigenvalue weighted by Crippen LogP contribution is 2.23. The van der Waals surface area contributed by atoms with Gasteiger partial charge in [-0.2, -0.15) is 10.3 Å². The molecule has 98 valence electrons. The van der Waals surface area contributed by atoms with Gasteiger partial charge in [0.05, 0.1) is 0 Å². The predicted molar refractivity (Wildman–Crippen MR) is 75.4 cm³/mol. The normalized spacial score (nSPS) is 14.9. The van der Waals surface area contributed by atoms with Crippen LogP contribution < -0.4 is 4.90 Å². The summed E-state index contributed by atoms with van der Waals surface area (Å²) in [4.78, 5) is 14.5. The lowest BCUT2D eigenvalue weighted by Gasteiger charge is -2.14. The van der Waals surface area contributed by atoms with Gasteiger partial charge in [-0.25, -0.2) is 0 Å². The van der Waals surface area contributed by atoms with Crippen molar-refractivity contribution >= 4 is 27.5 Å². The minimum atomic E-state index is -0.0943. The lowest BCUT2D eigenvalue weighted by molar-refractivity contribution is 0.103. The van der Waals surface area contributed by atoms with E-state index in [0.29, 0.717) is 17.1 Å². The third-order valence-electron chi connectivity index (χ3n) is 3.26. The van der Waals surface area contributed by atoms with Gasteiger partial charge in [0.25, 0.3) is 0 Å². The SMILES string of the molecule is O=C(c1ccc(Br)cc1)c1n[nH]nc1N1CCCC1. The molecule has 1 aromatic heterocycles. The van der Waals surface area contributed by atoms with Gasteiger partial charge in [0.2, 0.25) is 5.78 Å². The third-order valence-corrected chi connectivity index (χ3v) is 3.79. The minimum Gasteiger partial charge on any atom is -0.353 e. The zero-order valence-electron chi connectivity index (χ0n) is 10.3. The lowest BCUT2D eigenvalue weighted by atomic mass is 10.1. The van der Waals surface area contributed by atoms with Gasteiger partial charge in [-0.3, -0.25) is 4.79 Å². The average Bonchev–Trinajstić information content (AvgIpc) is 3.09. The van der Waals surface area contributed by atoms with Crippen molar-refractivity contribution in [3.05, 3.63) is 40.0 Å². The molecule has 1 N–H and O–H groups in total. The molecule has 2 heterocycles. The van der Waals surface area contributed by atoms with E-state index in [4.69, 9.17) is 0 Å². The van der Waals surface area contributed by atoms with E-state index in [0.717, 1.165) is 30.4 Å². The van der Waals surface area contributed by atoms with Gasteiger partial charge in [-0.1, -0.05) is 15.9 Å². The minimum absolute atomic E-state index is 0.0943. The molecule has 0 aliphatic carbocycles. The fourth-order valence-corrected chi connectivity index (χ4v) is 2.53. The van der Waals surface area contributed by atoms with Crippen LogP contribution in [0, 0.1) is 0 Å². The standard InChI is InChI=1S/C13H13BrN4O/c14-10-5-3-9(4-6-10)12(19)11-13(16-17-15-11)18-7-1-2-8-18/h3-6H,1-2,7-8H2,(H,15,16,17). The number of aromatic nitrogens is 3. The van der Waals surface area contributed by atoms with Crippen molar-refractivity contribution in [3.63, 3.8) is 0 Å². The van der Waals surface area contributed by atoms with Gasteiger partial charge in [0, 0.05) is 23.1 Å². The molecular weight excluding hydrogens is 308 g/mol. The van der Waals surface area contributed by atoms with E-state index in [1.165, 1.54) is 0 Å². The number of hydrogen-bond acceptors (Lipinski definition) is 4. The summed E-state index contributed by atoms with van der Waals surface area (Å²) >= 11 is 3.36. The Kier molecular flexibility index (Phi) is 3.33. The number of nitrogens with one attached hydrogen (secondary N) is 1. The highest BCUT2D eigenvalue weighted by atomic mass is 79.9. The molecule has 6 heteroatoms. The summed E-state index contributed by atoms with van der Waals surface area (Å²) in [6.45, 7) is 1.88. The maximum atomic E-state index is 12.4. The number of H-pyrrole nitrogens is 1. The molecule has 2 aromatic rings. The van der Waals surface area contributed by atoms with Crippen LogP contribution in [0.1, 0.15) is 28.9 Å². The Morgan fingerprint density at radius 2 is 1.84 bits per heavy atom. The largest absolute Gasteiger partial charge is 0.353 e. The van der Waals surface area contributed by atoms with Gasteiger partial charge in [-0.15, -0.1) is 5.10 Å². The van der Waals surface area contributed by atoms with Gasteiger partial charge in [-0.05, 0) is 37.1 Å². The highest BCUT2D eigenvalue weighted by Gasteiger charge is 2.24. The summed E-state index contributed by atoms with van der Waals surface area (Å²) in [5.74, 6) is 0.577. The van der Waals surface area contributed by atoms with E-state index in [-0.39, 0.29) is 5.78 Å². The Labute approximate surface area is 119 Å². The summed E-state index contributed by atoms with van der Waals surface area (Å²) in [6.07, 6.45) is 2.28. The first-order valence-electron chi connectivity index (χ1n) is 6.21. The van der Waals surface area contributed by atoms with Crippen LogP contribution >= 0.6 is 15.9 Å². The molecule has 0 spiro atoms. The summed E-state index contributed by atoms with van der Waals surface area (Å²) in [5, 5.41) is 10.7. The number of aromatic amines is 1. The maximum Gasteiger partial charge on any atom is 0.217 e. The molecule has 1 aliphatic rings. The number of ketones is 1. The van der Waals surface area contributed by atoms with Crippen LogP contribution in [-0.4, -0.2) is 34.3 Å². The van der Waals surface area contributed by atoms with Crippen molar-refractivity contribution in [1.82, 2.24) is 15.4 Å². The molecule has 1 fully saturated rings. The molecule has 0 unspecified atom stereocenters. The van der Waals surface area contributed by atoms with Gasteiger partial charge in [0.1, 0.15) is 0 Å². The molecular formula is C13H13BrN4O. The van der Waals surface area contributed by atoms with Crippen molar-refractivity contribution in [2.24, 2.45) is 0 Å². The van der Waals surface area contributed by atoms with Crippen LogP contribution in [0.2, 0.25) is 0 Å². The van der Waals surface area contributed by atoms with E-state index < -0.39 is 0 Å². The molecule has 5 nitrogen and oxygen atoms in total. The van der Waals surface area contributed by atoms with Crippen molar-refractivity contribution in [2.75, 3.05) is 18.0 Å². The van der Waals surface area contributed by atoms with Crippen LogP contribution in [0.4, 0.5) is 5.82 Å². The number of rotatable bonds is 3. The number of carbonyl (C=O) groups excluding carboxylic acids is 1. The van der Waals surface area contributed by atoms with Gasteiger partial charge >= 0.3 is 0 Å².